The molecule has 0 saturated carbocycles. The van der Waals surface area contributed by atoms with Crippen LogP contribution >= 0.6 is 11.3 Å². The van der Waals surface area contributed by atoms with Crippen molar-refractivity contribution in [1.82, 2.24) is 9.97 Å². The lowest BCUT2D eigenvalue weighted by Crippen LogP contribution is -2.15. The number of amides is 1. The van der Waals surface area contributed by atoms with Gasteiger partial charge in [-0.05, 0) is 66.9 Å². The van der Waals surface area contributed by atoms with Gasteiger partial charge in [0.25, 0.3) is 5.91 Å². The number of thiophene rings is 1. The van der Waals surface area contributed by atoms with E-state index < -0.39 is 0 Å². The Hall–Kier alpha value is -4.11. The average molecular weight is 462 g/mol. The maximum Gasteiger partial charge on any atom is 0.265 e. The van der Waals surface area contributed by atoms with Crippen molar-refractivity contribution in [2.75, 3.05) is 30.2 Å². The number of benzene rings is 2. The molecule has 4 rings (SSSR count). The molecule has 8 nitrogen and oxygen atoms in total. The average Bonchev–Trinajstić information content (AvgIpc) is 3.37. The Morgan fingerprint density at radius 3 is 2.00 bits per heavy atom. The molecule has 2 heterocycles. The standard InChI is InChI=1S/C24H23N5O3S/c1-15-21(28-23(30)20-5-4-14-33-20)22(26-16-6-10-18(31-2)11-7-16)29-24(25-15)27-17-8-12-19(32-3)13-9-17/h4-14H,1-3H3,(H,28,30)(H2,25,26,27,29). The molecule has 0 fully saturated rings. The van der Waals surface area contributed by atoms with E-state index in [2.05, 4.69) is 25.9 Å². The highest BCUT2D eigenvalue weighted by atomic mass is 32.1. The summed E-state index contributed by atoms with van der Waals surface area (Å²) in [6, 6.07) is 18.5. The number of carbonyl (C=O) groups is 1. The van der Waals surface area contributed by atoms with Crippen molar-refractivity contribution in [3.8, 4) is 11.5 Å². The van der Waals surface area contributed by atoms with Crippen LogP contribution in [-0.4, -0.2) is 30.1 Å². The minimum absolute atomic E-state index is 0.217. The first kappa shape index (κ1) is 22.1. The van der Waals surface area contributed by atoms with Gasteiger partial charge in [0.1, 0.15) is 17.2 Å². The van der Waals surface area contributed by atoms with Crippen LogP contribution in [0.15, 0.2) is 66.0 Å². The summed E-state index contributed by atoms with van der Waals surface area (Å²) in [6.07, 6.45) is 0. The van der Waals surface area contributed by atoms with E-state index >= 15 is 0 Å². The van der Waals surface area contributed by atoms with E-state index in [1.165, 1.54) is 11.3 Å². The molecule has 0 saturated heterocycles. The summed E-state index contributed by atoms with van der Waals surface area (Å²) in [7, 11) is 3.24. The molecule has 0 aliphatic heterocycles. The number of carbonyl (C=O) groups excluding carboxylic acids is 1. The number of rotatable bonds is 8. The largest absolute Gasteiger partial charge is 0.497 e. The highest BCUT2D eigenvalue weighted by molar-refractivity contribution is 7.12. The predicted octanol–water partition coefficient (Wildman–Crippen LogP) is 5.60. The van der Waals surface area contributed by atoms with Gasteiger partial charge in [0, 0.05) is 11.4 Å². The summed E-state index contributed by atoms with van der Waals surface area (Å²) >= 11 is 1.37. The third-order valence-electron chi connectivity index (χ3n) is 4.77. The Morgan fingerprint density at radius 2 is 1.45 bits per heavy atom. The first-order chi connectivity index (χ1) is 16.1. The zero-order valence-corrected chi connectivity index (χ0v) is 19.2. The molecule has 9 heteroatoms. The summed E-state index contributed by atoms with van der Waals surface area (Å²) in [4.78, 5) is 22.5. The smallest absolute Gasteiger partial charge is 0.265 e. The highest BCUT2D eigenvalue weighted by Gasteiger charge is 2.17. The van der Waals surface area contributed by atoms with Crippen LogP contribution in [0.5, 0.6) is 11.5 Å². The zero-order valence-electron chi connectivity index (χ0n) is 18.4. The van der Waals surface area contributed by atoms with Gasteiger partial charge < -0.3 is 25.4 Å². The predicted molar refractivity (Wildman–Crippen MR) is 132 cm³/mol. The third-order valence-corrected chi connectivity index (χ3v) is 5.64. The summed E-state index contributed by atoms with van der Waals surface area (Å²) < 4.78 is 10.4. The molecule has 3 N–H and O–H groups in total. The molecule has 0 bridgehead atoms. The van der Waals surface area contributed by atoms with E-state index in [0.717, 1.165) is 22.9 Å². The molecule has 0 atom stereocenters. The fourth-order valence-electron chi connectivity index (χ4n) is 3.07. The molecule has 0 radical (unpaired) electrons. The van der Waals surface area contributed by atoms with E-state index in [9.17, 15) is 4.79 Å². The maximum atomic E-state index is 12.7. The molecular formula is C24H23N5O3S. The van der Waals surface area contributed by atoms with Crippen LogP contribution in [0.2, 0.25) is 0 Å². The summed E-state index contributed by atoms with van der Waals surface area (Å²) in [5, 5.41) is 11.3. The monoisotopic (exact) mass is 461 g/mol. The molecule has 0 aliphatic carbocycles. The van der Waals surface area contributed by atoms with Crippen molar-refractivity contribution in [3.63, 3.8) is 0 Å². The number of hydrogen-bond donors (Lipinski definition) is 3. The van der Waals surface area contributed by atoms with Crippen molar-refractivity contribution in [2.45, 2.75) is 6.92 Å². The third kappa shape index (κ3) is 5.39. The molecule has 1 amide bonds. The summed E-state index contributed by atoms with van der Waals surface area (Å²) in [5.74, 6) is 2.14. The lowest BCUT2D eigenvalue weighted by atomic mass is 10.2. The van der Waals surface area contributed by atoms with Crippen molar-refractivity contribution < 1.29 is 14.3 Å². The number of nitrogens with one attached hydrogen (secondary N) is 3. The normalized spacial score (nSPS) is 10.4. The Balaban J connectivity index is 1.66. The Morgan fingerprint density at radius 1 is 0.848 bits per heavy atom. The van der Waals surface area contributed by atoms with Gasteiger partial charge in [0.15, 0.2) is 5.82 Å². The second-order valence-corrected chi connectivity index (χ2v) is 7.94. The summed E-state index contributed by atoms with van der Waals surface area (Å²) in [5.41, 5.74) is 2.71. The zero-order chi connectivity index (χ0) is 23.2. The maximum absolute atomic E-state index is 12.7. The number of aromatic nitrogens is 2. The van der Waals surface area contributed by atoms with Crippen LogP contribution < -0.4 is 25.4 Å². The second-order valence-electron chi connectivity index (χ2n) is 6.99. The fraction of sp³-hybridized carbons (Fsp3) is 0.125. The first-order valence-corrected chi connectivity index (χ1v) is 11.0. The molecule has 33 heavy (non-hydrogen) atoms. The number of methoxy groups -OCH3 is 2. The molecule has 0 unspecified atom stereocenters. The topological polar surface area (TPSA) is 97.4 Å². The lowest BCUT2D eigenvalue weighted by molar-refractivity contribution is 0.103. The Kier molecular flexibility index (Phi) is 6.70. The molecule has 0 spiro atoms. The highest BCUT2D eigenvalue weighted by Crippen LogP contribution is 2.30. The van der Waals surface area contributed by atoms with Crippen LogP contribution in [0.4, 0.5) is 28.8 Å². The molecular weight excluding hydrogens is 438 g/mol. The fourth-order valence-corrected chi connectivity index (χ4v) is 3.69. The number of hydrogen-bond acceptors (Lipinski definition) is 8. The second kappa shape index (κ2) is 10.0. The molecule has 168 valence electrons. The summed E-state index contributed by atoms with van der Waals surface area (Å²) in [6.45, 7) is 1.82. The van der Waals surface area contributed by atoms with Gasteiger partial charge in [-0.3, -0.25) is 4.79 Å². The Labute approximate surface area is 195 Å². The lowest BCUT2D eigenvalue weighted by Gasteiger charge is -2.16. The number of ether oxygens (including phenoxy) is 2. The van der Waals surface area contributed by atoms with E-state index in [1.807, 2.05) is 66.9 Å². The minimum atomic E-state index is -0.217. The van der Waals surface area contributed by atoms with Gasteiger partial charge in [-0.2, -0.15) is 4.98 Å². The molecule has 4 aromatic rings. The van der Waals surface area contributed by atoms with Crippen LogP contribution in [-0.2, 0) is 0 Å². The molecule has 2 aromatic heterocycles. The van der Waals surface area contributed by atoms with Gasteiger partial charge >= 0.3 is 0 Å². The van der Waals surface area contributed by atoms with Gasteiger partial charge in [-0.25, -0.2) is 4.98 Å². The quantitative estimate of drug-likeness (QED) is 0.314. The van der Waals surface area contributed by atoms with Crippen molar-refractivity contribution in [1.29, 1.82) is 0 Å². The van der Waals surface area contributed by atoms with Crippen LogP contribution in [0.3, 0.4) is 0 Å². The van der Waals surface area contributed by atoms with E-state index in [1.54, 1.807) is 20.3 Å². The first-order valence-electron chi connectivity index (χ1n) is 10.1. The van der Waals surface area contributed by atoms with Crippen LogP contribution in [0.25, 0.3) is 0 Å². The van der Waals surface area contributed by atoms with Crippen LogP contribution in [0, 0.1) is 6.92 Å². The van der Waals surface area contributed by atoms with E-state index in [0.29, 0.717) is 28.0 Å². The molecule has 0 aliphatic rings. The van der Waals surface area contributed by atoms with Gasteiger partial charge in [-0.1, -0.05) is 6.07 Å². The minimum Gasteiger partial charge on any atom is -0.497 e. The van der Waals surface area contributed by atoms with Crippen molar-refractivity contribution in [2.24, 2.45) is 0 Å². The van der Waals surface area contributed by atoms with E-state index in [4.69, 9.17) is 9.47 Å². The SMILES string of the molecule is COc1ccc(Nc2nc(C)c(NC(=O)c3cccs3)c(Nc3ccc(OC)cc3)n2)cc1. The van der Waals surface area contributed by atoms with Gasteiger partial charge in [0.05, 0.1) is 24.8 Å². The van der Waals surface area contributed by atoms with Crippen molar-refractivity contribution >= 4 is 46.1 Å². The number of anilines is 5. The van der Waals surface area contributed by atoms with Gasteiger partial charge in [0.2, 0.25) is 5.95 Å². The van der Waals surface area contributed by atoms with Crippen molar-refractivity contribution in [3.05, 3.63) is 76.6 Å². The number of aryl methyl sites for hydroxylation is 1. The van der Waals surface area contributed by atoms with Crippen LogP contribution in [0.1, 0.15) is 15.4 Å². The van der Waals surface area contributed by atoms with E-state index in [-0.39, 0.29) is 5.91 Å². The Bertz CT molecular complexity index is 1230. The van der Waals surface area contributed by atoms with Gasteiger partial charge in [-0.15, -0.1) is 11.3 Å². The molecule has 2 aromatic carbocycles. The number of nitrogens with zero attached hydrogens (tertiary/aromatic N) is 2.